The summed E-state index contributed by atoms with van der Waals surface area (Å²) in [5.74, 6) is 1.28. The molecule has 0 radical (unpaired) electrons. The molecule has 1 aromatic heterocycles. The van der Waals surface area contributed by atoms with Gasteiger partial charge in [0.2, 0.25) is 0 Å². The Morgan fingerprint density at radius 3 is 2.78 bits per heavy atom. The Bertz CT molecular complexity index is 559. The Kier molecular flexibility index (Phi) is 2.67. The highest BCUT2D eigenvalue weighted by Gasteiger charge is 2.24. The first-order valence-corrected chi connectivity index (χ1v) is 6.22. The van der Waals surface area contributed by atoms with Crippen LogP contribution in [0.15, 0.2) is 30.5 Å². The van der Waals surface area contributed by atoms with Gasteiger partial charge < -0.3 is 10.3 Å². The third-order valence-corrected chi connectivity index (χ3v) is 3.44. The molecule has 0 saturated heterocycles. The number of benzene rings is 1. The minimum Gasteiger partial charge on any atom is -0.333 e. The molecule has 0 fully saturated rings. The Balaban J connectivity index is 2.00. The number of rotatable bonds is 1. The molecule has 94 valence electrons. The summed E-state index contributed by atoms with van der Waals surface area (Å²) in [6.07, 6.45) is 2.98. The molecule has 2 N–H and O–H groups in total. The fourth-order valence-corrected chi connectivity index (χ4v) is 2.58. The van der Waals surface area contributed by atoms with Gasteiger partial charge in [-0.1, -0.05) is 6.92 Å². The number of halogens is 1. The highest BCUT2D eigenvalue weighted by atomic mass is 19.1. The third kappa shape index (κ3) is 1.93. The maximum absolute atomic E-state index is 12.9. The van der Waals surface area contributed by atoms with Gasteiger partial charge in [0, 0.05) is 18.3 Å². The molecule has 1 aliphatic heterocycles. The van der Waals surface area contributed by atoms with Crippen molar-refractivity contribution < 1.29 is 4.39 Å². The summed E-state index contributed by atoms with van der Waals surface area (Å²) in [7, 11) is 0. The van der Waals surface area contributed by atoms with E-state index in [1.807, 2.05) is 6.20 Å². The van der Waals surface area contributed by atoms with E-state index in [0.29, 0.717) is 5.92 Å². The summed E-state index contributed by atoms with van der Waals surface area (Å²) in [6.45, 7) is 3.15. The van der Waals surface area contributed by atoms with E-state index in [9.17, 15) is 4.39 Å². The van der Waals surface area contributed by atoms with Crippen molar-refractivity contribution in [2.24, 2.45) is 11.7 Å². The van der Waals surface area contributed by atoms with Gasteiger partial charge in [-0.3, -0.25) is 0 Å². The molecule has 2 aromatic rings. The lowest BCUT2D eigenvalue weighted by molar-refractivity contribution is 0.346. The largest absolute Gasteiger partial charge is 0.333 e. The smallest absolute Gasteiger partial charge is 0.126 e. The standard InChI is InChI=1S/C14H16FN3/c1-9-6-12(16)14-17-13(8-18(14)7-9)10-2-4-11(15)5-3-10/h2-5,8-9,12H,6-7,16H2,1H3. The third-order valence-electron chi connectivity index (χ3n) is 3.44. The molecule has 1 aliphatic rings. The van der Waals surface area contributed by atoms with E-state index in [1.54, 1.807) is 12.1 Å². The van der Waals surface area contributed by atoms with Gasteiger partial charge in [0.15, 0.2) is 0 Å². The fraction of sp³-hybridized carbons (Fsp3) is 0.357. The monoisotopic (exact) mass is 245 g/mol. The molecule has 0 spiro atoms. The van der Waals surface area contributed by atoms with Crippen molar-refractivity contribution in [1.82, 2.24) is 9.55 Å². The topological polar surface area (TPSA) is 43.8 Å². The minimum absolute atomic E-state index is 0.00273. The lowest BCUT2D eigenvalue weighted by Gasteiger charge is -2.25. The Labute approximate surface area is 105 Å². The SMILES string of the molecule is CC1CC(N)c2nc(-c3ccc(F)cc3)cn2C1. The first-order chi connectivity index (χ1) is 8.63. The highest BCUT2D eigenvalue weighted by Crippen LogP contribution is 2.29. The van der Waals surface area contributed by atoms with E-state index in [1.165, 1.54) is 12.1 Å². The molecule has 18 heavy (non-hydrogen) atoms. The van der Waals surface area contributed by atoms with Gasteiger partial charge in [-0.15, -0.1) is 0 Å². The maximum Gasteiger partial charge on any atom is 0.126 e. The van der Waals surface area contributed by atoms with Crippen LogP contribution in [0.1, 0.15) is 25.2 Å². The van der Waals surface area contributed by atoms with Gasteiger partial charge >= 0.3 is 0 Å². The zero-order valence-corrected chi connectivity index (χ0v) is 10.3. The van der Waals surface area contributed by atoms with Crippen LogP contribution in [0.5, 0.6) is 0 Å². The van der Waals surface area contributed by atoms with Crippen LogP contribution in [-0.2, 0) is 6.54 Å². The van der Waals surface area contributed by atoms with Crippen molar-refractivity contribution in [2.45, 2.75) is 25.9 Å². The van der Waals surface area contributed by atoms with E-state index >= 15 is 0 Å². The Hall–Kier alpha value is -1.68. The summed E-state index contributed by atoms with van der Waals surface area (Å²) in [6, 6.07) is 6.41. The van der Waals surface area contributed by atoms with Crippen LogP contribution < -0.4 is 5.73 Å². The van der Waals surface area contributed by atoms with Crippen LogP contribution in [0.25, 0.3) is 11.3 Å². The Morgan fingerprint density at radius 2 is 2.06 bits per heavy atom. The van der Waals surface area contributed by atoms with Gasteiger partial charge in [0.05, 0.1) is 11.7 Å². The average Bonchev–Trinajstić information content (AvgIpc) is 2.74. The minimum atomic E-state index is -0.229. The molecule has 2 heterocycles. The van der Waals surface area contributed by atoms with Crippen LogP contribution in [0.4, 0.5) is 4.39 Å². The van der Waals surface area contributed by atoms with Crippen LogP contribution >= 0.6 is 0 Å². The fourth-order valence-electron chi connectivity index (χ4n) is 2.58. The summed E-state index contributed by atoms with van der Waals surface area (Å²) in [4.78, 5) is 4.58. The lowest BCUT2D eigenvalue weighted by Crippen LogP contribution is -2.26. The highest BCUT2D eigenvalue weighted by molar-refractivity contribution is 5.58. The number of fused-ring (bicyclic) bond motifs is 1. The molecule has 2 unspecified atom stereocenters. The van der Waals surface area contributed by atoms with Crippen molar-refractivity contribution >= 4 is 0 Å². The second-order valence-electron chi connectivity index (χ2n) is 5.09. The van der Waals surface area contributed by atoms with E-state index in [2.05, 4.69) is 16.5 Å². The zero-order chi connectivity index (χ0) is 12.7. The van der Waals surface area contributed by atoms with E-state index in [-0.39, 0.29) is 11.9 Å². The molecule has 0 saturated carbocycles. The van der Waals surface area contributed by atoms with Crippen molar-refractivity contribution in [2.75, 3.05) is 0 Å². The molecule has 3 rings (SSSR count). The van der Waals surface area contributed by atoms with Crippen LogP contribution in [0.2, 0.25) is 0 Å². The first kappa shape index (κ1) is 11.4. The molecule has 3 nitrogen and oxygen atoms in total. The molecule has 0 aliphatic carbocycles. The molecule has 0 bridgehead atoms. The van der Waals surface area contributed by atoms with Gasteiger partial charge in [0.25, 0.3) is 0 Å². The molecule has 1 aromatic carbocycles. The predicted molar refractivity (Wildman–Crippen MR) is 68.3 cm³/mol. The molecular formula is C14H16FN3. The molecular weight excluding hydrogens is 229 g/mol. The summed E-state index contributed by atoms with van der Waals surface area (Å²) in [5, 5.41) is 0. The molecule has 4 heteroatoms. The number of imidazole rings is 1. The van der Waals surface area contributed by atoms with Gasteiger partial charge in [0.1, 0.15) is 11.6 Å². The van der Waals surface area contributed by atoms with E-state index in [0.717, 1.165) is 30.0 Å². The lowest BCUT2D eigenvalue weighted by atomic mass is 9.98. The zero-order valence-electron chi connectivity index (χ0n) is 10.3. The summed E-state index contributed by atoms with van der Waals surface area (Å²) < 4.78 is 15.0. The van der Waals surface area contributed by atoms with E-state index in [4.69, 9.17) is 5.73 Å². The second-order valence-corrected chi connectivity index (χ2v) is 5.09. The van der Waals surface area contributed by atoms with Crippen LogP contribution in [0, 0.1) is 11.7 Å². The van der Waals surface area contributed by atoms with Crippen LogP contribution in [0.3, 0.4) is 0 Å². The Morgan fingerprint density at radius 1 is 1.33 bits per heavy atom. The van der Waals surface area contributed by atoms with Gasteiger partial charge in [-0.2, -0.15) is 0 Å². The molecule has 0 amide bonds. The maximum atomic E-state index is 12.9. The quantitative estimate of drug-likeness (QED) is 0.839. The summed E-state index contributed by atoms with van der Waals surface area (Å²) in [5.41, 5.74) is 7.91. The number of aromatic nitrogens is 2. The second kappa shape index (κ2) is 4.21. The van der Waals surface area contributed by atoms with Crippen LogP contribution in [-0.4, -0.2) is 9.55 Å². The summed E-state index contributed by atoms with van der Waals surface area (Å²) >= 11 is 0. The van der Waals surface area contributed by atoms with Crippen molar-refractivity contribution in [3.8, 4) is 11.3 Å². The van der Waals surface area contributed by atoms with Crippen molar-refractivity contribution in [1.29, 1.82) is 0 Å². The number of hydrogen-bond donors (Lipinski definition) is 1. The van der Waals surface area contributed by atoms with Gasteiger partial charge in [-0.05, 0) is 36.6 Å². The van der Waals surface area contributed by atoms with Gasteiger partial charge in [-0.25, -0.2) is 9.37 Å². The molecule has 2 atom stereocenters. The van der Waals surface area contributed by atoms with Crippen molar-refractivity contribution in [3.63, 3.8) is 0 Å². The number of hydrogen-bond acceptors (Lipinski definition) is 2. The predicted octanol–water partition coefficient (Wildman–Crippen LogP) is 2.73. The average molecular weight is 245 g/mol. The van der Waals surface area contributed by atoms with E-state index < -0.39 is 0 Å². The van der Waals surface area contributed by atoms with Crippen molar-refractivity contribution in [3.05, 3.63) is 42.1 Å². The number of nitrogens with zero attached hydrogens (tertiary/aromatic N) is 2. The first-order valence-electron chi connectivity index (χ1n) is 6.22. The normalized spacial score (nSPS) is 22.8. The number of nitrogens with two attached hydrogens (primary N) is 1.